The van der Waals surface area contributed by atoms with Crippen molar-refractivity contribution in [2.75, 3.05) is 11.1 Å². The minimum atomic E-state index is 0.691. The zero-order valence-corrected chi connectivity index (χ0v) is 15.8. The zero-order chi connectivity index (χ0) is 14.7. The molecule has 1 heterocycles. The van der Waals surface area contributed by atoms with Gasteiger partial charge in [0.2, 0.25) is 0 Å². The van der Waals surface area contributed by atoms with Crippen LogP contribution in [0.2, 0.25) is 0 Å². The lowest BCUT2D eigenvalue weighted by Crippen LogP contribution is -2.12. The molecule has 0 saturated carbocycles. The summed E-state index contributed by atoms with van der Waals surface area (Å²) in [6.45, 7) is 0. The molecule has 0 aliphatic carbocycles. The lowest BCUT2D eigenvalue weighted by molar-refractivity contribution is 0.496. The molecule has 1 aliphatic rings. The Morgan fingerprint density at radius 2 is 2.00 bits per heavy atom. The van der Waals surface area contributed by atoms with Crippen LogP contribution in [-0.2, 0) is 6.42 Å². The Morgan fingerprint density at radius 1 is 1.14 bits per heavy atom. The SMILES string of the molecule is BrCC(Cc1cccc(Br)c1)CC1CSc2ccccc21. The fraction of sp³-hybridized carbons (Fsp3) is 0.333. The first-order valence-corrected chi connectivity index (χ1v) is 10.2. The average Bonchev–Trinajstić information content (AvgIpc) is 2.90. The van der Waals surface area contributed by atoms with E-state index >= 15 is 0 Å². The lowest BCUT2D eigenvalue weighted by Gasteiger charge is -2.19. The van der Waals surface area contributed by atoms with E-state index in [0.29, 0.717) is 11.8 Å². The Labute approximate surface area is 148 Å². The summed E-state index contributed by atoms with van der Waals surface area (Å²) < 4.78 is 1.18. The molecule has 3 heteroatoms. The van der Waals surface area contributed by atoms with Crippen molar-refractivity contribution >= 4 is 43.6 Å². The predicted molar refractivity (Wildman–Crippen MR) is 99.7 cm³/mol. The van der Waals surface area contributed by atoms with Gasteiger partial charge in [0.1, 0.15) is 0 Å². The fourth-order valence-corrected chi connectivity index (χ4v) is 5.24. The highest BCUT2D eigenvalue weighted by atomic mass is 79.9. The number of rotatable bonds is 5. The van der Waals surface area contributed by atoms with Crippen molar-refractivity contribution in [2.45, 2.75) is 23.7 Å². The standard InChI is InChI=1S/C18H18Br2S/c19-11-14(8-13-4-3-5-16(20)10-13)9-15-12-21-18-7-2-1-6-17(15)18/h1-7,10,14-15H,8-9,11-12H2. The van der Waals surface area contributed by atoms with Crippen molar-refractivity contribution in [3.05, 3.63) is 64.1 Å². The van der Waals surface area contributed by atoms with Gasteiger partial charge in [-0.25, -0.2) is 0 Å². The summed E-state index contributed by atoms with van der Waals surface area (Å²) in [5, 5.41) is 1.07. The van der Waals surface area contributed by atoms with Gasteiger partial charge >= 0.3 is 0 Å². The van der Waals surface area contributed by atoms with E-state index in [1.807, 2.05) is 11.8 Å². The van der Waals surface area contributed by atoms with Gasteiger partial charge in [-0.2, -0.15) is 0 Å². The molecule has 0 spiro atoms. The fourth-order valence-electron chi connectivity index (χ4n) is 3.02. The Hall–Kier alpha value is -0.250. The quantitative estimate of drug-likeness (QED) is 0.507. The molecule has 0 N–H and O–H groups in total. The second-order valence-electron chi connectivity index (χ2n) is 5.64. The van der Waals surface area contributed by atoms with Gasteiger partial charge in [-0.05, 0) is 54.0 Å². The summed E-state index contributed by atoms with van der Waals surface area (Å²) in [6.07, 6.45) is 2.41. The van der Waals surface area contributed by atoms with Gasteiger partial charge in [-0.3, -0.25) is 0 Å². The van der Waals surface area contributed by atoms with Gasteiger partial charge in [0.15, 0.2) is 0 Å². The third-order valence-corrected chi connectivity index (χ3v) is 6.71. The third-order valence-electron chi connectivity index (χ3n) is 4.05. The maximum atomic E-state index is 3.72. The van der Waals surface area contributed by atoms with Crippen LogP contribution in [0.1, 0.15) is 23.5 Å². The first-order chi connectivity index (χ1) is 10.3. The van der Waals surface area contributed by atoms with Crippen molar-refractivity contribution in [3.63, 3.8) is 0 Å². The first kappa shape index (κ1) is 15.6. The van der Waals surface area contributed by atoms with E-state index in [4.69, 9.17) is 0 Å². The van der Waals surface area contributed by atoms with Crippen molar-refractivity contribution in [1.82, 2.24) is 0 Å². The highest BCUT2D eigenvalue weighted by Gasteiger charge is 2.25. The van der Waals surface area contributed by atoms with E-state index in [9.17, 15) is 0 Å². The molecule has 110 valence electrons. The van der Waals surface area contributed by atoms with Crippen LogP contribution in [0.15, 0.2) is 57.9 Å². The summed E-state index contributed by atoms with van der Waals surface area (Å²) in [5.41, 5.74) is 2.98. The number of benzene rings is 2. The maximum absolute atomic E-state index is 3.72. The molecule has 0 aromatic heterocycles. The Kier molecular flexibility index (Phi) is 5.47. The molecule has 0 bridgehead atoms. The molecule has 2 aromatic carbocycles. The molecule has 0 fully saturated rings. The summed E-state index contributed by atoms with van der Waals surface area (Å²) in [6, 6.07) is 17.6. The van der Waals surface area contributed by atoms with Crippen LogP contribution in [0.4, 0.5) is 0 Å². The number of thioether (sulfide) groups is 1. The monoisotopic (exact) mass is 424 g/mol. The van der Waals surface area contributed by atoms with Crippen LogP contribution in [0.3, 0.4) is 0 Å². The second-order valence-corrected chi connectivity index (χ2v) is 8.26. The van der Waals surface area contributed by atoms with Gasteiger partial charge in [0, 0.05) is 20.5 Å². The molecule has 0 saturated heterocycles. The van der Waals surface area contributed by atoms with E-state index in [2.05, 4.69) is 80.4 Å². The molecule has 3 rings (SSSR count). The van der Waals surface area contributed by atoms with Gasteiger partial charge in [-0.15, -0.1) is 11.8 Å². The molecule has 21 heavy (non-hydrogen) atoms. The van der Waals surface area contributed by atoms with Crippen LogP contribution in [0.5, 0.6) is 0 Å². The largest absolute Gasteiger partial charge is 0.125 e. The van der Waals surface area contributed by atoms with Crippen molar-refractivity contribution in [1.29, 1.82) is 0 Å². The topological polar surface area (TPSA) is 0 Å². The molecule has 2 atom stereocenters. The minimum Gasteiger partial charge on any atom is -0.125 e. The first-order valence-electron chi connectivity index (χ1n) is 7.28. The Balaban J connectivity index is 1.68. The summed E-state index contributed by atoms with van der Waals surface area (Å²) in [4.78, 5) is 1.48. The smallest absolute Gasteiger partial charge is 0.0177 e. The summed E-state index contributed by atoms with van der Waals surface area (Å²) in [5.74, 6) is 2.64. The molecule has 2 aromatic rings. The normalized spacial score (nSPS) is 18.5. The van der Waals surface area contributed by atoms with Gasteiger partial charge < -0.3 is 0 Å². The molecule has 0 nitrogen and oxygen atoms in total. The Bertz CT molecular complexity index is 612. The van der Waals surface area contributed by atoms with Crippen LogP contribution in [-0.4, -0.2) is 11.1 Å². The highest BCUT2D eigenvalue weighted by molar-refractivity contribution is 9.10. The maximum Gasteiger partial charge on any atom is 0.0177 e. The minimum absolute atomic E-state index is 0.691. The molecule has 0 amide bonds. The number of hydrogen-bond acceptors (Lipinski definition) is 1. The number of hydrogen-bond donors (Lipinski definition) is 0. The molecular formula is C18H18Br2S. The number of alkyl halides is 1. The van der Waals surface area contributed by atoms with E-state index < -0.39 is 0 Å². The number of fused-ring (bicyclic) bond motifs is 1. The van der Waals surface area contributed by atoms with E-state index in [1.165, 1.54) is 27.1 Å². The molecular weight excluding hydrogens is 408 g/mol. The lowest BCUT2D eigenvalue weighted by atomic mass is 9.88. The van der Waals surface area contributed by atoms with Crippen LogP contribution < -0.4 is 0 Å². The highest BCUT2D eigenvalue weighted by Crippen LogP contribution is 2.42. The molecule has 1 aliphatic heterocycles. The third kappa shape index (κ3) is 3.94. The average molecular weight is 426 g/mol. The zero-order valence-electron chi connectivity index (χ0n) is 11.8. The Morgan fingerprint density at radius 3 is 2.81 bits per heavy atom. The van der Waals surface area contributed by atoms with Crippen LogP contribution >= 0.6 is 43.6 Å². The van der Waals surface area contributed by atoms with Gasteiger partial charge in [0.05, 0.1) is 0 Å². The number of halogens is 2. The van der Waals surface area contributed by atoms with Crippen molar-refractivity contribution in [3.8, 4) is 0 Å². The predicted octanol–water partition coefficient (Wildman–Crippen LogP) is 6.28. The van der Waals surface area contributed by atoms with E-state index in [0.717, 1.165) is 11.8 Å². The second kappa shape index (κ2) is 7.34. The summed E-state index contributed by atoms with van der Waals surface area (Å²) in [7, 11) is 0. The van der Waals surface area contributed by atoms with E-state index in [1.54, 1.807) is 5.56 Å². The van der Waals surface area contributed by atoms with Gasteiger partial charge in [0.25, 0.3) is 0 Å². The van der Waals surface area contributed by atoms with Crippen molar-refractivity contribution in [2.24, 2.45) is 5.92 Å². The van der Waals surface area contributed by atoms with Crippen LogP contribution in [0.25, 0.3) is 0 Å². The molecule has 2 unspecified atom stereocenters. The van der Waals surface area contributed by atoms with Crippen molar-refractivity contribution < 1.29 is 0 Å². The van der Waals surface area contributed by atoms with Gasteiger partial charge in [-0.1, -0.05) is 62.2 Å². The van der Waals surface area contributed by atoms with Crippen LogP contribution in [0, 0.1) is 5.92 Å². The van der Waals surface area contributed by atoms with E-state index in [-0.39, 0.29) is 0 Å². The summed E-state index contributed by atoms with van der Waals surface area (Å²) >= 11 is 9.30. The molecule has 0 radical (unpaired) electrons.